The van der Waals surface area contributed by atoms with Crippen LogP contribution in [0.3, 0.4) is 0 Å². The van der Waals surface area contributed by atoms with Crippen LogP contribution in [0.1, 0.15) is 25.0 Å². The number of oxime groups is 1. The molecular weight excluding hydrogens is 417 g/mol. The molecule has 0 bridgehead atoms. The van der Waals surface area contributed by atoms with Crippen molar-refractivity contribution in [2.75, 3.05) is 6.61 Å². The van der Waals surface area contributed by atoms with Crippen LogP contribution in [0.15, 0.2) is 51.6 Å². The van der Waals surface area contributed by atoms with Crippen molar-refractivity contribution >= 4 is 33.7 Å². The van der Waals surface area contributed by atoms with Gasteiger partial charge in [0.1, 0.15) is 12.4 Å². The van der Waals surface area contributed by atoms with Crippen LogP contribution in [0, 0.1) is 5.82 Å². The van der Waals surface area contributed by atoms with Gasteiger partial charge in [0.2, 0.25) is 0 Å². The van der Waals surface area contributed by atoms with Crippen LogP contribution in [0.5, 0.6) is 11.5 Å². The van der Waals surface area contributed by atoms with Crippen LogP contribution in [0.2, 0.25) is 0 Å². The van der Waals surface area contributed by atoms with Gasteiger partial charge in [0.05, 0.1) is 22.4 Å². The molecule has 0 saturated heterocycles. The first-order chi connectivity index (χ1) is 13.0. The van der Waals surface area contributed by atoms with E-state index >= 15 is 0 Å². The zero-order chi connectivity index (χ0) is 19.4. The van der Waals surface area contributed by atoms with Crippen LogP contribution >= 0.6 is 15.9 Å². The highest BCUT2D eigenvalue weighted by molar-refractivity contribution is 9.10. The van der Waals surface area contributed by atoms with Gasteiger partial charge in [-0.1, -0.05) is 23.4 Å². The third kappa shape index (κ3) is 4.36. The van der Waals surface area contributed by atoms with Crippen molar-refractivity contribution in [2.24, 2.45) is 5.16 Å². The normalized spacial score (nSPS) is 14.9. The molecule has 0 fully saturated rings. The lowest BCUT2D eigenvalue weighted by atomic mass is 10.1. The Bertz CT molecular complexity index is 940. The highest BCUT2D eigenvalue weighted by atomic mass is 79.9. The number of halogens is 2. The first kappa shape index (κ1) is 19.1. The molecule has 0 atom stereocenters. The lowest BCUT2D eigenvalue weighted by Crippen LogP contribution is -2.04. The van der Waals surface area contributed by atoms with Gasteiger partial charge in [0.25, 0.3) is 0 Å². The summed E-state index contributed by atoms with van der Waals surface area (Å²) in [5, 5.41) is 3.66. The molecule has 1 aliphatic rings. The maximum Gasteiger partial charge on any atom is 0.367 e. The summed E-state index contributed by atoms with van der Waals surface area (Å²) in [4.78, 5) is 16.4. The van der Waals surface area contributed by atoms with Crippen LogP contribution in [0.4, 0.5) is 4.39 Å². The third-order valence-electron chi connectivity index (χ3n) is 3.85. The van der Waals surface area contributed by atoms with Crippen LogP contribution < -0.4 is 9.47 Å². The summed E-state index contributed by atoms with van der Waals surface area (Å²) in [6.45, 7) is 4.03. The molecule has 140 valence electrons. The van der Waals surface area contributed by atoms with Gasteiger partial charge in [-0.05, 0) is 59.6 Å². The minimum Gasteiger partial charge on any atom is -0.490 e. The second-order valence-electron chi connectivity index (χ2n) is 5.76. The summed E-state index contributed by atoms with van der Waals surface area (Å²) >= 11 is 3.47. The average Bonchev–Trinajstić information content (AvgIpc) is 2.95. The van der Waals surface area contributed by atoms with Gasteiger partial charge < -0.3 is 14.3 Å². The van der Waals surface area contributed by atoms with Gasteiger partial charge in [-0.2, -0.15) is 0 Å². The number of ether oxygens (including phenoxy) is 2. The van der Waals surface area contributed by atoms with Crippen molar-refractivity contribution in [3.05, 3.63) is 63.4 Å². The molecule has 0 unspecified atom stereocenters. The Morgan fingerprint density at radius 3 is 2.70 bits per heavy atom. The summed E-state index contributed by atoms with van der Waals surface area (Å²) < 4.78 is 25.9. The highest BCUT2D eigenvalue weighted by Gasteiger charge is 2.22. The summed E-state index contributed by atoms with van der Waals surface area (Å²) in [5.41, 5.74) is 2.05. The van der Waals surface area contributed by atoms with Crippen molar-refractivity contribution in [1.82, 2.24) is 0 Å². The summed E-state index contributed by atoms with van der Waals surface area (Å²) in [6.07, 6.45) is 1.67. The lowest BCUT2D eigenvalue weighted by Gasteiger charge is -2.15. The standard InChI is InChI=1S/C20H17BrFNO4/c1-3-25-18-10-13(8-15-12(2)23-27-20(15)24)9-16(21)19(18)26-11-14-6-4-5-7-17(14)22/h4-10H,3,11H2,1-2H3. The van der Waals surface area contributed by atoms with E-state index in [2.05, 4.69) is 25.9 Å². The number of nitrogens with zero attached hydrogens (tertiary/aromatic N) is 1. The Morgan fingerprint density at radius 1 is 1.26 bits per heavy atom. The van der Waals surface area contributed by atoms with E-state index < -0.39 is 5.97 Å². The van der Waals surface area contributed by atoms with Crippen molar-refractivity contribution in [2.45, 2.75) is 20.5 Å². The van der Waals surface area contributed by atoms with Gasteiger partial charge in [-0.3, -0.25) is 0 Å². The molecule has 0 saturated carbocycles. The molecule has 0 radical (unpaired) electrons. The molecule has 7 heteroatoms. The largest absolute Gasteiger partial charge is 0.490 e. The number of carbonyl (C=O) groups is 1. The number of hydrogen-bond acceptors (Lipinski definition) is 5. The fraction of sp³-hybridized carbons (Fsp3) is 0.200. The van der Waals surface area contributed by atoms with Crippen LogP contribution in [-0.2, 0) is 16.2 Å². The summed E-state index contributed by atoms with van der Waals surface area (Å²) in [5.74, 6) is 0.113. The van der Waals surface area contributed by atoms with Gasteiger partial charge >= 0.3 is 5.97 Å². The Kier molecular flexibility index (Phi) is 5.91. The Balaban J connectivity index is 1.91. The number of benzene rings is 2. The van der Waals surface area contributed by atoms with Gasteiger partial charge in [-0.25, -0.2) is 9.18 Å². The molecular formula is C20H17BrFNO4. The smallest absolute Gasteiger partial charge is 0.367 e. The van der Waals surface area contributed by atoms with Crippen molar-refractivity contribution < 1.29 is 23.5 Å². The van der Waals surface area contributed by atoms with E-state index in [1.807, 2.05) is 6.92 Å². The maximum absolute atomic E-state index is 13.8. The molecule has 0 amide bonds. The molecule has 0 aromatic heterocycles. The second-order valence-corrected chi connectivity index (χ2v) is 6.61. The SMILES string of the molecule is CCOc1cc(C=C2C(=O)ON=C2C)cc(Br)c1OCc1ccccc1F. The van der Waals surface area contributed by atoms with Gasteiger partial charge in [0, 0.05) is 5.56 Å². The minimum absolute atomic E-state index is 0.0594. The van der Waals surface area contributed by atoms with E-state index in [0.29, 0.717) is 45.0 Å². The van der Waals surface area contributed by atoms with Gasteiger partial charge in [0.15, 0.2) is 11.5 Å². The van der Waals surface area contributed by atoms with Crippen LogP contribution in [-0.4, -0.2) is 18.3 Å². The third-order valence-corrected chi connectivity index (χ3v) is 4.44. The quantitative estimate of drug-likeness (QED) is 0.480. The summed E-state index contributed by atoms with van der Waals surface area (Å²) in [7, 11) is 0. The maximum atomic E-state index is 13.8. The van der Waals surface area contributed by atoms with Crippen molar-refractivity contribution in [3.63, 3.8) is 0 Å². The van der Waals surface area contributed by atoms with Crippen molar-refractivity contribution in [1.29, 1.82) is 0 Å². The first-order valence-corrected chi connectivity index (χ1v) is 9.09. The highest BCUT2D eigenvalue weighted by Crippen LogP contribution is 2.38. The van der Waals surface area contributed by atoms with E-state index in [0.717, 1.165) is 0 Å². The number of rotatable bonds is 6. The summed E-state index contributed by atoms with van der Waals surface area (Å²) in [6, 6.07) is 9.96. The fourth-order valence-electron chi connectivity index (χ4n) is 2.53. The Hall–Kier alpha value is -2.67. The number of hydrogen-bond donors (Lipinski definition) is 0. The molecule has 0 aliphatic carbocycles. The van der Waals surface area contributed by atoms with E-state index in [-0.39, 0.29) is 12.4 Å². The zero-order valence-corrected chi connectivity index (χ0v) is 16.4. The lowest BCUT2D eigenvalue weighted by molar-refractivity contribution is -0.136. The fourth-order valence-corrected chi connectivity index (χ4v) is 3.10. The van der Waals surface area contributed by atoms with E-state index in [1.54, 1.807) is 43.3 Å². The monoisotopic (exact) mass is 433 g/mol. The number of carbonyl (C=O) groups excluding carboxylic acids is 1. The molecule has 0 spiro atoms. The minimum atomic E-state index is -0.499. The Labute approximate surface area is 164 Å². The predicted octanol–water partition coefficient (Wildman–Crippen LogP) is 4.88. The van der Waals surface area contributed by atoms with Gasteiger partial charge in [-0.15, -0.1) is 0 Å². The first-order valence-electron chi connectivity index (χ1n) is 8.30. The second kappa shape index (κ2) is 8.35. The average molecular weight is 434 g/mol. The van der Waals surface area contributed by atoms with Crippen molar-refractivity contribution in [3.8, 4) is 11.5 Å². The topological polar surface area (TPSA) is 57.1 Å². The molecule has 1 aliphatic heterocycles. The molecule has 0 N–H and O–H groups in total. The molecule has 5 nitrogen and oxygen atoms in total. The molecule has 1 heterocycles. The van der Waals surface area contributed by atoms with E-state index in [4.69, 9.17) is 9.47 Å². The van der Waals surface area contributed by atoms with E-state index in [9.17, 15) is 9.18 Å². The Morgan fingerprint density at radius 2 is 2.04 bits per heavy atom. The molecule has 27 heavy (non-hydrogen) atoms. The molecule has 2 aromatic rings. The molecule has 2 aromatic carbocycles. The predicted molar refractivity (Wildman–Crippen MR) is 103 cm³/mol. The zero-order valence-electron chi connectivity index (χ0n) is 14.8. The van der Waals surface area contributed by atoms with E-state index in [1.165, 1.54) is 6.07 Å². The van der Waals surface area contributed by atoms with Crippen LogP contribution in [0.25, 0.3) is 6.08 Å². The molecule has 3 rings (SSSR count).